The summed E-state index contributed by atoms with van der Waals surface area (Å²) in [7, 11) is 0. The van der Waals surface area contributed by atoms with Crippen LogP contribution in [0.5, 0.6) is 0 Å². The number of piperidine rings is 1. The van der Waals surface area contributed by atoms with Crippen molar-refractivity contribution in [3.8, 4) is 0 Å². The van der Waals surface area contributed by atoms with E-state index < -0.39 is 11.8 Å². The molecule has 2 saturated heterocycles. The third-order valence-corrected chi connectivity index (χ3v) is 6.20. The third kappa shape index (κ3) is 4.83. The van der Waals surface area contributed by atoms with Gasteiger partial charge in [0.25, 0.3) is 0 Å². The second-order valence-corrected chi connectivity index (χ2v) is 8.13. The molecule has 1 unspecified atom stereocenters. The van der Waals surface area contributed by atoms with E-state index in [2.05, 4.69) is 5.32 Å². The fourth-order valence-corrected chi connectivity index (χ4v) is 4.41. The minimum atomic E-state index is -0.606. The Morgan fingerprint density at radius 2 is 1.61 bits per heavy atom. The number of hydrogen-bond acceptors (Lipinski definition) is 4. The molecule has 0 bridgehead atoms. The molecule has 3 fully saturated rings. The van der Waals surface area contributed by atoms with Crippen LogP contribution < -0.4 is 5.32 Å². The van der Waals surface area contributed by atoms with Gasteiger partial charge in [-0.25, -0.2) is 0 Å². The average molecular weight is 393 g/mol. The number of nitrogens with one attached hydrogen (secondary N) is 1. The molecule has 1 saturated carbocycles. The first-order valence-corrected chi connectivity index (χ1v) is 10.7. The monoisotopic (exact) mass is 392 g/mol. The van der Waals surface area contributed by atoms with Crippen LogP contribution in [0.2, 0.25) is 0 Å². The molecule has 0 aromatic carbocycles. The summed E-state index contributed by atoms with van der Waals surface area (Å²) < 4.78 is 0. The first kappa shape index (κ1) is 20.6. The number of rotatable bonds is 5. The molecule has 3 aliphatic rings. The van der Waals surface area contributed by atoms with E-state index in [1.807, 2.05) is 6.92 Å². The van der Waals surface area contributed by atoms with Gasteiger partial charge in [0, 0.05) is 38.8 Å². The van der Waals surface area contributed by atoms with Crippen LogP contribution in [-0.4, -0.2) is 83.6 Å². The first-order chi connectivity index (χ1) is 13.5. The lowest BCUT2D eigenvalue weighted by molar-refractivity contribution is -0.157. The largest absolute Gasteiger partial charge is 0.353 e. The van der Waals surface area contributed by atoms with Gasteiger partial charge >= 0.3 is 11.8 Å². The summed E-state index contributed by atoms with van der Waals surface area (Å²) >= 11 is 0. The lowest BCUT2D eigenvalue weighted by atomic mass is 9.93. The predicted octanol–water partition coefficient (Wildman–Crippen LogP) is 0.365. The Hall–Kier alpha value is -2.12. The van der Waals surface area contributed by atoms with Crippen LogP contribution in [0.4, 0.5) is 0 Å². The molecule has 0 aromatic heterocycles. The van der Waals surface area contributed by atoms with Gasteiger partial charge in [0.05, 0.1) is 5.92 Å². The molecule has 1 atom stereocenters. The lowest BCUT2D eigenvalue weighted by Gasteiger charge is -2.36. The zero-order valence-corrected chi connectivity index (χ0v) is 16.8. The topological polar surface area (TPSA) is 90.0 Å². The lowest BCUT2D eigenvalue weighted by Crippen LogP contribution is -2.57. The van der Waals surface area contributed by atoms with Gasteiger partial charge in [-0.1, -0.05) is 19.3 Å². The smallest absolute Gasteiger partial charge is 0.312 e. The van der Waals surface area contributed by atoms with Crippen molar-refractivity contribution in [3.63, 3.8) is 0 Å². The maximum absolute atomic E-state index is 12.7. The number of likely N-dealkylation sites (N-methyl/N-ethyl adjacent to an activating group) is 1. The van der Waals surface area contributed by atoms with Crippen molar-refractivity contribution in [1.29, 1.82) is 0 Å². The van der Waals surface area contributed by atoms with Crippen molar-refractivity contribution in [1.82, 2.24) is 20.0 Å². The summed E-state index contributed by atoms with van der Waals surface area (Å²) in [6.07, 6.45) is 7.23. The van der Waals surface area contributed by atoms with E-state index >= 15 is 0 Å². The number of carbonyl (C=O) groups is 4. The minimum absolute atomic E-state index is 0.0483. The van der Waals surface area contributed by atoms with Crippen molar-refractivity contribution in [2.75, 3.05) is 39.3 Å². The Kier molecular flexibility index (Phi) is 6.91. The van der Waals surface area contributed by atoms with Crippen molar-refractivity contribution in [2.24, 2.45) is 5.92 Å². The predicted molar refractivity (Wildman–Crippen MR) is 103 cm³/mol. The van der Waals surface area contributed by atoms with E-state index in [1.54, 1.807) is 4.90 Å². The van der Waals surface area contributed by atoms with Gasteiger partial charge in [-0.2, -0.15) is 0 Å². The normalized spacial score (nSPS) is 24.5. The Balaban J connectivity index is 1.50. The van der Waals surface area contributed by atoms with Crippen LogP contribution in [0.25, 0.3) is 0 Å². The van der Waals surface area contributed by atoms with Crippen LogP contribution >= 0.6 is 0 Å². The van der Waals surface area contributed by atoms with Gasteiger partial charge in [0.15, 0.2) is 0 Å². The summed E-state index contributed by atoms with van der Waals surface area (Å²) in [4.78, 5) is 54.1. The molecule has 28 heavy (non-hydrogen) atoms. The molecular weight excluding hydrogens is 360 g/mol. The molecule has 1 N–H and O–H groups in total. The number of piperazine rings is 1. The van der Waals surface area contributed by atoms with Crippen LogP contribution in [-0.2, 0) is 19.2 Å². The highest BCUT2D eigenvalue weighted by atomic mass is 16.2. The summed E-state index contributed by atoms with van der Waals surface area (Å²) in [5.74, 6) is -1.46. The molecule has 8 nitrogen and oxygen atoms in total. The van der Waals surface area contributed by atoms with Gasteiger partial charge in [-0.05, 0) is 32.6 Å². The molecule has 156 valence electrons. The molecule has 1 aliphatic carbocycles. The maximum Gasteiger partial charge on any atom is 0.312 e. The highest BCUT2D eigenvalue weighted by Gasteiger charge is 2.35. The van der Waals surface area contributed by atoms with E-state index in [1.165, 1.54) is 16.2 Å². The molecule has 0 radical (unpaired) electrons. The summed E-state index contributed by atoms with van der Waals surface area (Å²) in [5.41, 5.74) is 0. The Morgan fingerprint density at radius 3 is 2.32 bits per heavy atom. The first-order valence-electron chi connectivity index (χ1n) is 10.7. The van der Waals surface area contributed by atoms with E-state index in [-0.39, 0.29) is 30.3 Å². The van der Waals surface area contributed by atoms with Crippen LogP contribution in [0.3, 0.4) is 0 Å². The van der Waals surface area contributed by atoms with Crippen molar-refractivity contribution >= 4 is 23.6 Å². The highest BCUT2D eigenvalue weighted by Crippen LogP contribution is 2.21. The second kappa shape index (κ2) is 9.39. The molecular formula is C20H32N4O4. The molecule has 0 aromatic rings. The number of nitrogens with zero attached hydrogens (tertiary/aromatic N) is 3. The zero-order valence-electron chi connectivity index (χ0n) is 16.8. The van der Waals surface area contributed by atoms with Gasteiger partial charge in [0.1, 0.15) is 6.54 Å². The summed E-state index contributed by atoms with van der Waals surface area (Å²) in [6, 6.07) is 0.269. The highest BCUT2D eigenvalue weighted by molar-refractivity contribution is 6.35. The van der Waals surface area contributed by atoms with Crippen LogP contribution in [0, 0.1) is 5.92 Å². The SMILES string of the molecule is CCN1CCN(CC(=O)N2CCCC(C(=O)NC3CCCCC3)C2)C(=O)C1=O. The second-order valence-electron chi connectivity index (χ2n) is 8.13. The molecule has 0 spiro atoms. The molecule has 8 heteroatoms. The third-order valence-electron chi connectivity index (χ3n) is 6.20. The van der Waals surface area contributed by atoms with E-state index in [0.717, 1.165) is 38.5 Å². The quantitative estimate of drug-likeness (QED) is 0.685. The summed E-state index contributed by atoms with van der Waals surface area (Å²) in [5, 5.41) is 3.16. The van der Waals surface area contributed by atoms with Gasteiger partial charge in [-0.15, -0.1) is 0 Å². The standard InChI is InChI=1S/C20H32N4O4/c1-2-22-11-12-24(20(28)19(22)27)14-17(25)23-10-6-7-15(13-23)18(26)21-16-8-4-3-5-9-16/h15-16H,2-14H2,1H3,(H,21,26). The number of likely N-dealkylation sites (tertiary alicyclic amines) is 1. The van der Waals surface area contributed by atoms with Gasteiger partial charge in [0.2, 0.25) is 11.8 Å². The van der Waals surface area contributed by atoms with Gasteiger partial charge in [-0.3, -0.25) is 19.2 Å². The molecule has 2 heterocycles. The van der Waals surface area contributed by atoms with Crippen molar-refractivity contribution < 1.29 is 19.2 Å². The average Bonchev–Trinajstić information content (AvgIpc) is 2.72. The Bertz CT molecular complexity index is 617. The minimum Gasteiger partial charge on any atom is -0.353 e. The fraction of sp³-hybridized carbons (Fsp3) is 0.800. The van der Waals surface area contributed by atoms with Crippen molar-refractivity contribution in [2.45, 2.75) is 57.9 Å². The zero-order chi connectivity index (χ0) is 20.1. The molecule has 4 amide bonds. The van der Waals surface area contributed by atoms with E-state index in [9.17, 15) is 19.2 Å². The van der Waals surface area contributed by atoms with E-state index in [4.69, 9.17) is 0 Å². The Morgan fingerprint density at radius 1 is 0.929 bits per heavy atom. The van der Waals surface area contributed by atoms with Gasteiger partial charge < -0.3 is 20.0 Å². The number of hydrogen-bond donors (Lipinski definition) is 1. The van der Waals surface area contributed by atoms with Crippen LogP contribution in [0.15, 0.2) is 0 Å². The maximum atomic E-state index is 12.7. The van der Waals surface area contributed by atoms with Crippen LogP contribution in [0.1, 0.15) is 51.9 Å². The summed E-state index contributed by atoms with van der Waals surface area (Å²) in [6.45, 7) is 4.08. The number of carbonyl (C=O) groups excluding carboxylic acids is 4. The molecule has 3 rings (SSSR count). The Labute approximate surface area is 166 Å². The molecule has 2 aliphatic heterocycles. The number of amides is 4. The fourth-order valence-electron chi connectivity index (χ4n) is 4.41. The van der Waals surface area contributed by atoms with Crippen molar-refractivity contribution in [3.05, 3.63) is 0 Å². The van der Waals surface area contributed by atoms with E-state index in [0.29, 0.717) is 32.7 Å².